The van der Waals surface area contributed by atoms with Gasteiger partial charge < -0.3 is 9.84 Å². The summed E-state index contributed by atoms with van der Waals surface area (Å²) in [7, 11) is 0. The average Bonchev–Trinajstić information content (AvgIpc) is 2.60. The van der Waals surface area contributed by atoms with E-state index in [-0.39, 0.29) is 12.4 Å². The zero-order valence-corrected chi connectivity index (χ0v) is 14.4. The molecule has 3 rings (SSSR count). The van der Waals surface area contributed by atoms with Crippen LogP contribution in [-0.2, 0) is 19.1 Å². The molecule has 1 saturated carbocycles. The van der Waals surface area contributed by atoms with Crippen LogP contribution in [0.3, 0.4) is 0 Å². The van der Waals surface area contributed by atoms with Gasteiger partial charge in [0.15, 0.2) is 5.78 Å². The zero-order valence-electron chi connectivity index (χ0n) is 14.4. The second-order valence-corrected chi connectivity index (χ2v) is 6.57. The van der Waals surface area contributed by atoms with E-state index in [1.807, 2.05) is 60.7 Å². The molecule has 2 aromatic carbocycles. The number of hydrogen-bond donors (Lipinski definition) is 1. The molecule has 2 aromatic rings. The lowest BCUT2D eigenvalue weighted by molar-refractivity contribution is -0.165. The molecule has 26 heavy (non-hydrogen) atoms. The third kappa shape index (κ3) is 3.38. The number of aliphatic carboxylic acids is 1. The Morgan fingerprint density at radius 3 is 1.69 bits per heavy atom. The van der Waals surface area contributed by atoms with Crippen molar-refractivity contribution >= 4 is 17.7 Å². The van der Waals surface area contributed by atoms with Crippen molar-refractivity contribution in [3.05, 3.63) is 71.8 Å². The lowest BCUT2D eigenvalue weighted by atomic mass is 9.52. The minimum absolute atomic E-state index is 0.250. The summed E-state index contributed by atoms with van der Waals surface area (Å²) in [5, 5.41) is 9.81. The number of hydrogen-bond acceptors (Lipinski definition) is 4. The molecule has 0 unspecified atom stereocenters. The molecule has 5 nitrogen and oxygen atoms in total. The molecule has 2 atom stereocenters. The van der Waals surface area contributed by atoms with Gasteiger partial charge in [0.25, 0.3) is 0 Å². The number of benzene rings is 2. The number of esters is 1. The fourth-order valence-corrected chi connectivity index (χ4v) is 3.80. The zero-order chi connectivity index (χ0) is 18.7. The molecule has 0 aliphatic heterocycles. The Morgan fingerprint density at radius 1 is 0.846 bits per heavy atom. The highest BCUT2D eigenvalue weighted by Gasteiger charge is 2.59. The predicted molar refractivity (Wildman–Crippen MR) is 94.6 cm³/mol. The Bertz CT molecular complexity index is 752. The summed E-state index contributed by atoms with van der Waals surface area (Å²) in [4.78, 5) is 35.9. The van der Waals surface area contributed by atoms with E-state index in [1.165, 1.54) is 6.92 Å². The monoisotopic (exact) mass is 352 g/mol. The number of carbonyl (C=O) groups excluding carboxylic acids is 2. The Labute approximate surface area is 151 Å². The molecule has 0 saturated heterocycles. The fourth-order valence-electron chi connectivity index (χ4n) is 3.80. The molecule has 5 heteroatoms. The number of rotatable bonds is 6. The van der Waals surface area contributed by atoms with Crippen molar-refractivity contribution in [3.8, 4) is 0 Å². The van der Waals surface area contributed by atoms with Gasteiger partial charge in [-0.05, 0) is 18.1 Å². The maximum atomic E-state index is 12.7. The lowest BCUT2D eigenvalue weighted by Gasteiger charge is -2.49. The van der Waals surface area contributed by atoms with E-state index in [9.17, 15) is 19.5 Å². The minimum atomic E-state index is -0.941. The van der Waals surface area contributed by atoms with Crippen LogP contribution >= 0.6 is 0 Å². The van der Waals surface area contributed by atoms with E-state index in [0.717, 1.165) is 11.1 Å². The van der Waals surface area contributed by atoms with Gasteiger partial charge in [0.1, 0.15) is 6.61 Å². The van der Waals surface area contributed by atoms with E-state index in [1.54, 1.807) is 0 Å². The SMILES string of the molecule is CC(=O)COC(=O)C1[C@H](c2ccccc2)C(C(=O)O)[C@H]1c1ccccc1. The maximum absolute atomic E-state index is 12.7. The predicted octanol–water partition coefficient (Wildman–Crippen LogP) is 3.02. The molecular weight excluding hydrogens is 332 g/mol. The molecular formula is C21H20O5. The Hall–Kier alpha value is -2.95. The number of carbonyl (C=O) groups is 3. The maximum Gasteiger partial charge on any atom is 0.310 e. The van der Waals surface area contributed by atoms with Gasteiger partial charge in [-0.15, -0.1) is 0 Å². The fraction of sp³-hybridized carbons (Fsp3) is 0.286. The van der Waals surface area contributed by atoms with E-state index >= 15 is 0 Å². The number of carboxylic acids is 1. The topological polar surface area (TPSA) is 80.7 Å². The second-order valence-electron chi connectivity index (χ2n) is 6.57. The summed E-state index contributed by atoms with van der Waals surface area (Å²) >= 11 is 0. The van der Waals surface area contributed by atoms with Crippen molar-refractivity contribution in [2.75, 3.05) is 6.61 Å². The van der Waals surface area contributed by atoms with Gasteiger partial charge in [-0.1, -0.05) is 60.7 Å². The van der Waals surface area contributed by atoms with Gasteiger partial charge in [-0.25, -0.2) is 0 Å². The Kier molecular flexibility index (Phi) is 5.16. The summed E-state index contributed by atoms with van der Waals surface area (Å²) < 4.78 is 5.16. The van der Waals surface area contributed by atoms with Crippen molar-refractivity contribution in [2.45, 2.75) is 18.8 Å². The minimum Gasteiger partial charge on any atom is -0.481 e. The Morgan fingerprint density at radius 2 is 1.31 bits per heavy atom. The van der Waals surface area contributed by atoms with Gasteiger partial charge in [0.05, 0.1) is 11.8 Å². The van der Waals surface area contributed by atoms with Crippen LogP contribution in [0.25, 0.3) is 0 Å². The van der Waals surface area contributed by atoms with Gasteiger partial charge in [-0.2, -0.15) is 0 Å². The van der Waals surface area contributed by atoms with Crippen LogP contribution in [0.2, 0.25) is 0 Å². The molecule has 1 N–H and O–H groups in total. The summed E-state index contributed by atoms with van der Waals surface area (Å²) in [6, 6.07) is 18.3. The van der Waals surface area contributed by atoms with Crippen molar-refractivity contribution in [3.63, 3.8) is 0 Å². The third-order valence-corrected chi connectivity index (χ3v) is 4.89. The highest BCUT2D eigenvalue weighted by Crippen LogP contribution is 2.57. The van der Waals surface area contributed by atoms with E-state index < -0.39 is 35.6 Å². The number of ketones is 1. The van der Waals surface area contributed by atoms with E-state index in [0.29, 0.717) is 0 Å². The largest absolute Gasteiger partial charge is 0.481 e. The van der Waals surface area contributed by atoms with Crippen LogP contribution in [0.4, 0.5) is 0 Å². The first-order chi connectivity index (χ1) is 12.5. The van der Waals surface area contributed by atoms with Gasteiger partial charge in [-0.3, -0.25) is 14.4 Å². The highest BCUT2D eigenvalue weighted by atomic mass is 16.5. The first-order valence-electron chi connectivity index (χ1n) is 8.49. The highest BCUT2D eigenvalue weighted by molar-refractivity contribution is 5.86. The molecule has 0 bridgehead atoms. The molecule has 0 aromatic heterocycles. The standard InChI is InChI=1S/C21H20O5/c1-13(22)12-26-21(25)19-16(14-8-4-2-5-9-14)18(20(23)24)17(19)15-10-6-3-7-11-15/h2-11,16-19H,12H2,1H3,(H,23,24)/t16-,17-,18?,19?/m1/s1. The molecule has 0 heterocycles. The van der Waals surface area contributed by atoms with E-state index in [2.05, 4.69) is 0 Å². The molecule has 0 radical (unpaired) electrons. The van der Waals surface area contributed by atoms with Crippen LogP contribution in [0.15, 0.2) is 60.7 Å². The van der Waals surface area contributed by atoms with Crippen molar-refractivity contribution in [1.82, 2.24) is 0 Å². The van der Waals surface area contributed by atoms with Crippen LogP contribution in [0, 0.1) is 11.8 Å². The lowest BCUT2D eigenvalue weighted by Crippen LogP contribution is -2.51. The summed E-state index contributed by atoms with van der Waals surface area (Å²) in [5.74, 6) is -4.06. The average molecular weight is 352 g/mol. The van der Waals surface area contributed by atoms with Gasteiger partial charge in [0, 0.05) is 11.8 Å². The summed E-state index contributed by atoms with van der Waals surface area (Å²) in [6.07, 6.45) is 0. The van der Waals surface area contributed by atoms with Crippen molar-refractivity contribution < 1.29 is 24.2 Å². The molecule has 1 fully saturated rings. The molecule has 0 spiro atoms. The summed E-state index contributed by atoms with van der Waals surface area (Å²) in [6.45, 7) is 1.05. The first-order valence-corrected chi connectivity index (χ1v) is 8.49. The van der Waals surface area contributed by atoms with Gasteiger partial charge in [0.2, 0.25) is 0 Å². The number of ether oxygens (including phenoxy) is 1. The van der Waals surface area contributed by atoms with Crippen molar-refractivity contribution in [1.29, 1.82) is 0 Å². The molecule has 134 valence electrons. The second kappa shape index (κ2) is 7.52. The molecule has 0 amide bonds. The van der Waals surface area contributed by atoms with Crippen LogP contribution < -0.4 is 0 Å². The van der Waals surface area contributed by atoms with E-state index in [4.69, 9.17) is 4.74 Å². The molecule has 1 aliphatic rings. The number of Topliss-reactive ketones (excluding diaryl/α,β-unsaturated/α-hetero) is 1. The quantitative estimate of drug-likeness (QED) is 0.808. The van der Waals surface area contributed by atoms with Crippen LogP contribution in [0.1, 0.15) is 29.9 Å². The third-order valence-electron chi connectivity index (χ3n) is 4.89. The normalized spacial score (nSPS) is 24.3. The Balaban J connectivity index is 1.99. The first kappa shape index (κ1) is 17.9. The summed E-state index contributed by atoms with van der Waals surface area (Å²) in [5.41, 5.74) is 1.58. The molecule has 1 aliphatic carbocycles. The van der Waals surface area contributed by atoms with Gasteiger partial charge >= 0.3 is 11.9 Å². The number of carboxylic acid groups (broad SMARTS) is 1. The van der Waals surface area contributed by atoms with Crippen molar-refractivity contribution in [2.24, 2.45) is 11.8 Å². The smallest absolute Gasteiger partial charge is 0.310 e. The van der Waals surface area contributed by atoms with Crippen LogP contribution in [-0.4, -0.2) is 29.4 Å². The van der Waals surface area contributed by atoms with Crippen LogP contribution in [0.5, 0.6) is 0 Å².